The molecule has 114 valence electrons. The number of rotatable bonds is 9. The molecule has 8 nitrogen and oxygen atoms in total. The van der Waals surface area contributed by atoms with Gasteiger partial charge in [-0.25, -0.2) is 9.59 Å². The van der Waals surface area contributed by atoms with Gasteiger partial charge in [0, 0.05) is 12.0 Å². The summed E-state index contributed by atoms with van der Waals surface area (Å²) in [5.74, 6) is -3.16. The number of esters is 2. The fourth-order valence-electron chi connectivity index (χ4n) is 1.30. The minimum absolute atomic E-state index is 0.192. The van der Waals surface area contributed by atoms with Crippen molar-refractivity contribution in [2.75, 3.05) is 6.54 Å². The molecular formula is C12H21N3O5. The molecule has 7 N–H and O–H groups in total. The molecule has 0 aliphatic carbocycles. The van der Waals surface area contributed by atoms with E-state index in [2.05, 4.69) is 11.3 Å². The minimum Gasteiger partial charge on any atom is -0.480 e. The molecule has 0 aliphatic rings. The maximum absolute atomic E-state index is 11.5. The summed E-state index contributed by atoms with van der Waals surface area (Å²) in [6, 6.07) is -2.20. The Hall–Kier alpha value is -1.77. The van der Waals surface area contributed by atoms with Gasteiger partial charge in [0.25, 0.3) is 0 Å². The lowest BCUT2D eigenvalue weighted by atomic mass is 10.1. The SMILES string of the molecule is C=C(C[C@H](N)C(=O)O)C(=O)OC(=O)[C@@H](N)CCCCN. The average molecular weight is 287 g/mol. The van der Waals surface area contributed by atoms with E-state index in [9.17, 15) is 14.4 Å². The second-order valence-electron chi connectivity index (χ2n) is 4.35. The van der Waals surface area contributed by atoms with Gasteiger partial charge in [0.1, 0.15) is 12.1 Å². The van der Waals surface area contributed by atoms with Crippen LogP contribution in [0.4, 0.5) is 0 Å². The van der Waals surface area contributed by atoms with E-state index in [-0.39, 0.29) is 12.0 Å². The van der Waals surface area contributed by atoms with Crippen LogP contribution in [0.15, 0.2) is 12.2 Å². The molecule has 0 amide bonds. The molecule has 0 aromatic rings. The van der Waals surface area contributed by atoms with Crippen LogP contribution < -0.4 is 17.2 Å². The van der Waals surface area contributed by atoms with Gasteiger partial charge >= 0.3 is 17.9 Å². The number of carbonyl (C=O) groups excluding carboxylic acids is 2. The zero-order valence-corrected chi connectivity index (χ0v) is 11.2. The number of aliphatic carboxylic acids is 1. The average Bonchev–Trinajstić information content (AvgIpc) is 2.38. The van der Waals surface area contributed by atoms with Crippen molar-refractivity contribution in [1.29, 1.82) is 0 Å². The monoisotopic (exact) mass is 287 g/mol. The highest BCUT2D eigenvalue weighted by molar-refractivity contribution is 5.97. The van der Waals surface area contributed by atoms with Crippen molar-refractivity contribution in [3.05, 3.63) is 12.2 Å². The third-order valence-corrected chi connectivity index (χ3v) is 2.54. The van der Waals surface area contributed by atoms with E-state index in [4.69, 9.17) is 22.3 Å². The van der Waals surface area contributed by atoms with Gasteiger partial charge in [-0.1, -0.05) is 13.0 Å². The first-order chi connectivity index (χ1) is 9.29. The fourth-order valence-corrected chi connectivity index (χ4v) is 1.30. The molecule has 0 aromatic carbocycles. The lowest BCUT2D eigenvalue weighted by Gasteiger charge is -2.12. The molecule has 0 rings (SSSR count). The highest BCUT2D eigenvalue weighted by Crippen LogP contribution is 2.07. The lowest BCUT2D eigenvalue weighted by Crippen LogP contribution is -2.35. The minimum atomic E-state index is -1.27. The summed E-state index contributed by atoms with van der Waals surface area (Å²) < 4.78 is 4.50. The Labute approximate surface area is 116 Å². The van der Waals surface area contributed by atoms with E-state index in [0.29, 0.717) is 19.4 Å². The van der Waals surface area contributed by atoms with E-state index in [0.717, 1.165) is 6.42 Å². The third-order valence-electron chi connectivity index (χ3n) is 2.54. The number of carboxylic acid groups (broad SMARTS) is 1. The zero-order valence-electron chi connectivity index (χ0n) is 11.2. The smallest absolute Gasteiger partial charge is 0.341 e. The molecule has 2 atom stereocenters. The van der Waals surface area contributed by atoms with E-state index in [1.54, 1.807) is 0 Å². The van der Waals surface area contributed by atoms with Gasteiger partial charge in [-0.05, 0) is 19.4 Å². The summed E-state index contributed by atoms with van der Waals surface area (Å²) in [5, 5.41) is 8.59. The summed E-state index contributed by atoms with van der Waals surface area (Å²) in [6.07, 6.45) is 1.41. The molecule has 0 fully saturated rings. The standard InChI is InChI=1S/C12H21N3O5/c1-7(6-9(15)10(16)17)11(18)20-12(19)8(14)4-2-3-5-13/h8-9H,1-6,13-15H2,(H,16,17)/t8-,9-/m0/s1. The zero-order chi connectivity index (χ0) is 15.7. The molecule has 8 heteroatoms. The Kier molecular flexibility index (Phi) is 8.37. The van der Waals surface area contributed by atoms with Crippen LogP contribution in [0.5, 0.6) is 0 Å². The van der Waals surface area contributed by atoms with Crippen LogP contribution in [-0.4, -0.2) is 41.6 Å². The Morgan fingerprint density at radius 2 is 1.75 bits per heavy atom. The third kappa shape index (κ3) is 6.98. The van der Waals surface area contributed by atoms with Gasteiger partial charge in [0.15, 0.2) is 0 Å². The topological polar surface area (TPSA) is 159 Å². The van der Waals surface area contributed by atoms with Gasteiger partial charge in [0.05, 0.1) is 0 Å². The number of ether oxygens (including phenoxy) is 1. The maximum atomic E-state index is 11.5. The van der Waals surface area contributed by atoms with Crippen LogP contribution in [-0.2, 0) is 19.1 Å². The second kappa shape index (κ2) is 9.18. The normalized spacial score (nSPS) is 13.3. The second-order valence-corrected chi connectivity index (χ2v) is 4.35. The van der Waals surface area contributed by atoms with Crippen molar-refractivity contribution in [1.82, 2.24) is 0 Å². The van der Waals surface area contributed by atoms with E-state index in [1.165, 1.54) is 0 Å². The van der Waals surface area contributed by atoms with Gasteiger partial charge in [-0.2, -0.15) is 0 Å². The first-order valence-electron chi connectivity index (χ1n) is 6.17. The number of unbranched alkanes of at least 4 members (excludes halogenated alkanes) is 1. The Balaban J connectivity index is 4.21. The molecule has 0 saturated heterocycles. The summed E-state index contributed by atoms with van der Waals surface area (Å²) >= 11 is 0. The van der Waals surface area contributed by atoms with Gasteiger partial charge in [0.2, 0.25) is 0 Å². The van der Waals surface area contributed by atoms with Crippen LogP contribution in [0.1, 0.15) is 25.7 Å². The number of carbonyl (C=O) groups is 3. The van der Waals surface area contributed by atoms with Gasteiger partial charge in [-0.3, -0.25) is 4.79 Å². The van der Waals surface area contributed by atoms with Gasteiger partial charge < -0.3 is 27.0 Å². The van der Waals surface area contributed by atoms with Crippen molar-refractivity contribution in [2.24, 2.45) is 17.2 Å². The van der Waals surface area contributed by atoms with E-state index < -0.39 is 30.0 Å². The molecule has 0 saturated carbocycles. The molecule has 0 spiro atoms. The van der Waals surface area contributed by atoms with Crippen LogP contribution in [0.3, 0.4) is 0 Å². The lowest BCUT2D eigenvalue weighted by molar-refractivity contribution is -0.158. The maximum Gasteiger partial charge on any atom is 0.341 e. The molecular weight excluding hydrogens is 266 g/mol. The molecule has 0 aromatic heterocycles. The Morgan fingerprint density at radius 3 is 2.25 bits per heavy atom. The molecule has 20 heavy (non-hydrogen) atoms. The Morgan fingerprint density at radius 1 is 1.15 bits per heavy atom. The van der Waals surface area contributed by atoms with E-state index >= 15 is 0 Å². The van der Waals surface area contributed by atoms with Gasteiger partial charge in [-0.15, -0.1) is 0 Å². The van der Waals surface area contributed by atoms with Crippen molar-refractivity contribution in [3.63, 3.8) is 0 Å². The summed E-state index contributed by atoms with van der Waals surface area (Å²) in [7, 11) is 0. The highest BCUT2D eigenvalue weighted by Gasteiger charge is 2.22. The molecule has 0 unspecified atom stereocenters. The summed E-state index contributed by atoms with van der Waals surface area (Å²) in [4.78, 5) is 33.5. The summed E-state index contributed by atoms with van der Waals surface area (Å²) in [5.41, 5.74) is 15.9. The van der Waals surface area contributed by atoms with Crippen LogP contribution >= 0.6 is 0 Å². The molecule has 0 aliphatic heterocycles. The largest absolute Gasteiger partial charge is 0.480 e. The fraction of sp³-hybridized carbons (Fsp3) is 0.583. The van der Waals surface area contributed by atoms with Crippen LogP contribution in [0.2, 0.25) is 0 Å². The molecule has 0 heterocycles. The predicted octanol–water partition coefficient (Wildman–Crippen LogP) is -1.13. The van der Waals surface area contributed by atoms with E-state index in [1.807, 2.05) is 0 Å². The molecule has 0 bridgehead atoms. The predicted molar refractivity (Wildman–Crippen MR) is 71.3 cm³/mol. The first kappa shape index (κ1) is 18.2. The number of carboxylic acids is 1. The van der Waals surface area contributed by atoms with Crippen LogP contribution in [0, 0.1) is 0 Å². The molecule has 0 radical (unpaired) electrons. The quantitative estimate of drug-likeness (QED) is 0.179. The first-order valence-corrected chi connectivity index (χ1v) is 6.17. The Bertz CT molecular complexity index is 383. The summed E-state index contributed by atoms with van der Waals surface area (Å²) in [6.45, 7) is 3.83. The number of hydrogen-bond acceptors (Lipinski definition) is 7. The number of hydrogen-bond donors (Lipinski definition) is 4. The van der Waals surface area contributed by atoms with Crippen molar-refractivity contribution >= 4 is 17.9 Å². The van der Waals surface area contributed by atoms with Crippen molar-refractivity contribution in [3.8, 4) is 0 Å². The van der Waals surface area contributed by atoms with Crippen molar-refractivity contribution in [2.45, 2.75) is 37.8 Å². The van der Waals surface area contributed by atoms with Crippen LogP contribution in [0.25, 0.3) is 0 Å². The number of nitrogens with two attached hydrogens (primary N) is 3. The van der Waals surface area contributed by atoms with Crippen molar-refractivity contribution < 1.29 is 24.2 Å². The highest BCUT2D eigenvalue weighted by atomic mass is 16.6.